The molecule has 2 rings (SSSR count). The number of benzene rings is 2. The number of hydrogen-bond acceptors (Lipinski definition) is 3. The highest BCUT2D eigenvalue weighted by Gasteiger charge is 2.13. The van der Waals surface area contributed by atoms with Crippen LogP contribution >= 0.6 is 0 Å². The fourth-order valence-electron chi connectivity index (χ4n) is 1.83. The number of halogens is 2. The van der Waals surface area contributed by atoms with E-state index in [1.165, 1.54) is 0 Å². The average molecular weight is 292 g/mol. The smallest absolute Gasteiger partial charge is 0.203 e. The molecule has 0 amide bonds. The Morgan fingerprint density at radius 1 is 1.14 bits per heavy atom. The molecule has 0 saturated carbocycles. The highest BCUT2D eigenvalue weighted by Crippen LogP contribution is 2.15. The van der Waals surface area contributed by atoms with E-state index < -0.39 is 17.4 Å². The Balaban J connectivity index is 2.02. The van der Waals surface area contributed by atoms with E-state index >= 15 is 0 Å². The zero-order valence-corrected chi connectivity index (χ0v) is 11.4. The quantitative estimate of drug-likeness (QED) is 0.766. The van der Waals surface area contributed by atoms with Gasteiger partial charge in [0.05, 0.1) is 12.2 Å². The standard InChI is InChI=1S/C16H14F2O3/c1-20-9-11-3-2-4-13(7-11)21-10-16(19)14-6-5-12(17)8-15(14)18/h2-8H,9-10H2,1H3. The van der Waals surface area contributed by atoms with Crippen LogP contribution in [0.5, 0.6) is 5.75 Å². The Kier molecular flexibility index (Phi) is 5.00. The molecular formula is C16H14F2O3. The lowest BCUT2D eigenvalue weighted by molar-refractivity contribution is 0.0917. The largest absolute Gasteiger partial charge is 0.485 e. The minimum atomic E-state index is -0.892. The van der Waals surface area contributed by atoms with Crippen LogP contribution in [0.1, 0.15) is 15.9 Å². The van der Waals surface area contributed by atoms with Crippen LogP contribution in [-0.4, -0.2) is 19.5 Å². The molecule has 110 valence electrons. The summed E-state index contributed by atoms with van der Waals surface area (Å²) in [5.41, 5.74) is 0.708. The van der Waals surface area contributed by atoms with Gasteiger partial charge in [0.2, 0.25) is 5.78 Å². The lowest BCUT2D eigenvalue weighted by Gasteiger charge is -2.08. The molecule has 0 spiro atoms. The van der Waals surface area contributed by atoms with E-state index in [2.05, 4.69) is 0 Å². The lowest BCUT2D eigenvalue weighted by atomic mass is 10.1. The van der Waals surface area contributed by atoms with Crippen LogP contribution in [0.2, 0.25) is 0 Å². The first-order chi connectivity index (χ1) is 10.1. The monoisotopic (exact) mass is 292 g/mol. The summed E-state index contributed by atoms with van der Waals surface area (Å²) in [6.45, 7) is 0.108. The fraction of sp³-hybridized carbons (Fsp3) is 0.188. The lowest BCUT2D eigenvalue weighted by Crippen LogP contribution is -2.13. The third-order valence-electron chi connectivity index (χ3n) is 2.81. The van der Waals surface area contributed by atoms with Crippen molar-refractivity contribution in [3.05, 3.63) is 65.2 Å². The van der Waals surface area contributed by atoms with Gasteiger partial charge in [0, 0.05) is 13.2 Å². The number of rotatable bonds is 6. The third kappa shape index (κ3) is 4.10. The maximum atomic E-state index is 13.5. The minimum absolute atomic E-state index is 0.190. The number of ether oxygens (including phenoxy) is 2. The van der Waals surface area contributed by atoms with Gasteiger partial charge in [-0.25, -0.2) is 8.78 Å². The molecule has 0 heterocycles. The van der Waals surface area contributed by atoms with Crippen molar-refractivity contribution in [2.75, 3.05) is 13.7 Å². The van der Waals surface area contributed by atoms with Crippen molar-refractivity contribution in [3.8, 4) is 5.75 Å². The highest BCUT2D eigenvalue weighted by atomic mass is 19.1. The van der Waals surface area contributed by atoms with Gasteiger partial charge >= 0.3 is 0 Å². The second-order valence-corrected chi connectivity index (χ2v) is 4.42. The zero-order chi connectivity index (χ0) is 15.2. The molecule has 0 unspecified atom stereocenters. The maximum absolute atomic E-state index is 13.5. The Morgan fingerprint density at radius 3 is 2.67 bits per heavy atom. The first kappa shape index (κ1) is 15.1. The van der Waals surface area contributed by atoms with Crippen molar-refractivity contribution in [2.45, 2.75) is 6.61 Å². The number of Topliss-reactive ketones (excluding diaryl/α,β-unsaturated/α-hetero) is 1. The highest BCUT2D eigenvalue weighted by molar-refractivity contribution is 5.97. The van der Waals surface area contributed by atoms with Crippen LogP contribution in [0, 0.1) is 11.6 Å². The summed E-state index contributed by atoms with van der Waals surface area (Å²) in [7, 11) is 1.58. The molecular weight excluding hydrogens is 278 g/mol. The second-order valence-electron chi connectivity index (χ2n) is 4.42. The summed E-state index contributed by atoms with van der Waals surface area (Å²) < 4.78 is 36.6. The summed E-state index contributed by atoms with van der Waals surface area (Å²) >= 11 is 0. The van der Waals surface area contributed by atoms with E-state index in [0.29, 0.717) is 18.4 Å². The third-order valence-corrected chi connectivity index (χ3v) is 2.81. The van der Waals surface area contributed by atoms with Gasteiger partial charge in [0.1, 0.15) is 17.4 Å². The van der Waals surface area contributed by atoms with Crippen molar-refractivity contribution >= 4 is 5.78 Å². The predicted octanol–water partition coefficient (Wildman–Crippen LogP) is 3.37. The number of methoxy groups -OCH3 is 1. The Hall–Kier alpha value is -2.27. The summed E-state index contributed by atoms with van der Waals surface area (Å²) in [6.07, 6.45) is 0. The van der Waals surface area contributed by atoms with Gasteiger partial charge < -0.3 is 9.47 Å². The molecule has 3 nitrogen and oxygen atoms in total. The van der Waals surface area contributed by atoms with E-state index in [-0.39, 0.29) is 12.2 Å². The van der Waals surface area contributed by atoms with Crippen LogP contribution in [-0.2, 0) is 11.3 Å². The molecule has 0 atom stereocenters. The van der Waals surface area contributed by atoms with Crippen LogP contribution in [0.3, 0.4) is 0 Å². The second kappa shape index (κ2) is 6.95. The van der Waals surface area contributed by atoms with Crippen LogP contribution in [0.15, 0.2) is 42.5 Å². The molecule has 21 heavy (non-hydrogen) atoms. The van der Waals surface area contributed by atoms with Gasteiger partial charge in [-0.1, -0.05) is 12.1 Å². The molecule has 0 aliphatic carbocycles. The van der Waals surface area contributed by atoms with E-state index in [9.17, 15) is 13.6 Å². The van der Waals surface area contributed by atoms with Crippen LogP contribution in [0.4, 0.5) is 8.78 Å². The van der Waals surface area contributed by atoms with E-state index in [1.807, 2.05) is 6.07 Å². The normalized spacial score (nSPS) is 10.4. The van der Waals surface area contributed by atoms with Crippen molar-refractivity contribution in [2.24, 2.45) is 0 Å². The van der Waals surface area contributed by atoms with Gasteiger partial charge in [-0.2, -0.15) is 0 Å². The molecule has 0 N–H and O–H groups in total. The van der Waals surface area contributed by atoms with Crippen molar-refractivity contribution < 1.29 is 23.0 Å². The van der Waals surface area contributed by atoms with Gasteiger partial charge in [-0.05, 0) is 29.8 Å². The summed E-state index contributed by atoms with van der Waals surface area (Å²) in [5, 5.41) is 0. The number of ketones is 1. The Labute approximate surface area is 121 Å². The Morgan fingerprint density at radius 2 is 1.95 bits per heavy atom. The molecule has 0 radical (unpaired) electrons. The number of carbonyl (C=O) groups is 1. The molecule has 0 aliphatic heterocycles. The first-order valence-electron chi connectivity index (χ1n) is 6.29. The maximum Gasteiger partial charge on any atom is 0.203 e. The minimum Gasteiger partial charge on any atom is -0.485 e. The zero-order valence-electron chi connectivity index (χ0n) is 11.4. The molecule has 0 bridgehead atoms. The SMILES string of the molecule is COCc1cccc(OCC(=O)c2ccc(F)cc2F)c1. The van der Waals surface area contributed by atoms with Gasteiger partial charge in [0.15, 0.2) is 6.61 Å². The van der Waals surface area contributed by atoms with Crippen LogP contribution < -0.4 is 4.74 Å². The fourth-order valence-corrected chi connectivity index (χ4v) is 1.83. The molecule has 0 saturated heterocycles. The Bertz CT molecular complexity index is 641. The molecule has 0 aliphatic rings. The van der Waals surface area contributed by atoms with Crippen LogP contribution in [0.25, 0.3) is 0 Å². The van der Waals surface area contributed by atoms with E-state index in [0.717, 1.165) is 17.7 Å². The van der Waals surface area contributed by atoms with Crippen molar-refractivity contribution in [3.63, 3.8) is 0 Å². The predicted molar refractivity (Wildman–Crippen MR) is 73.3 cm³/mol. The molecule has 2 aromatic carbocycles. The molecule has 5 heteroatoms. The molecule has 0 fully saturated rings. The van der Waals surface area contributed by atoms with Gasteiger partial charge in [-0.15, -0.1) is 0 Å². The molecule has 0 aromatic heterocycles. The number of carbonyl (C=O) groups excluding carboxylic acids is 1. The topological polar surface area (TPSA) is 35.5 Å². The molecule has 2 aromatic rings. The van der Waals surface area contributed by atoms with Gasteiger partial charge in [-0.3, -0.25) is 4.79 Å². The summed E-state index contributed by atoms with van der Waals surface area (Å²) in [5.74, 6) is -1.68. The van der Waals surface area contributed by atoms with Crippen molar-refractivity contribution in [1.82, 2.24) is 0 Å². The average Bonchev–Trinajstić information content (AvgIpc) is 2.45. The summed E-state index contributed by atoms with van der Waals surface area (Å²) in [6, 6.07) is 9.87. The van der Waals surface area contributed by atoms with E-state index in [4.69, 9.17) is 9.47 Å². The number of hydrogen-bond donors (Lipinski definition) is 0. The first-order valence-corrected chi connectivity index (χ1v) is 6.29. The van der Waals surface area contributed by atoms with Crippen molar-refractivity contribution in [1.29, 1.82) is 0 Å². The van der Waals surface area contributed by atoms with E-state index in [1.54, 1.807) is 25.3 Å². The van der Waals surface area contributed by atoms with Gasteiger partial charge in [0.25, 0.3) is 0 Å². The summed E-state index contributed by atoms with van der Waals surface area (Å²) in [4.78, 5) is 11.8.